The number of rotatable bonds is 5. The van der Waals surface area contributed by atoms with Gasteiger partial charge in [-0.25, -0.2) is 9.59 Å². The molecule has 2 heterocycles. The Kier molecular flexibility index (Phi) is 6.00. The minimum atomic E-state index is -0.706. The molecule has 1 aromatic heterocycles. The van der Waals surface area contributed by atoms with Crippen LogP contribution in [0.1, 0.15) is 51.6 Å². The molecule has 0 aliphatic carbocycles. The van der Waals surface area contributed by atoms with E-state index in [9.17, 15) is 19.2 Å². The van der Waals surface area contributed by atoms with Crippen LogP contribution in [-0.2, 0) is 27.8 Å². The monoisotopic (exact) mass is 416 g/mol. The molecule has 1 aliphatic rings. The number of amides is 3. The predicted molar refractivity (Wildman–Crippen MR) is 111 cm³/mol. The molecule has 0 spiro atoms. The second-order valence-electron chi connectivity index (χ2n) is 8.50. The molecule has 30 heavy (non-hydrogen) atoms. The highest BCUT2D eigenvalue weighted by Crippen LogP contribution is 2.25. The van der Waals surface area contributed by atoms with Crippen molar-refractivity contribution < 1.29 is 19.1 Å². The van der Waals surface area contributed by atoms with E-state index >= 15 is 0 Å². The van der Waals surface area contributed by atoms with Crippen molar-refractivity contribution in [1.82, 2.24) is 19.8 Å². The third-order valence-electron chi connectivity index (χ3n) is 5.00. The van der Waals surface area contributed by atoms with Gasteiger partial charge in [0.2, 0.25) is 11.8 Å². The summed E-state index contributed by atoms with van der Waals surface area (Å²) in [6.07, 6.45) is 1.34. The van der Waals surface area contributed by atoms with Gasteiger partial charge in [0.1, 0.15) is 11.6 Å². The average molecular weight is 416 g/mol. The largest absolute Gasteiger partial charge is 0.444 e. The average Bonchev–Trinajstić information content (AvgIpc) is 2.89. The molecular weight excluding hydrogens is 388 g/mol. The number of benzene rings is 1. The third kappa shape index (κ3) is 4.55. The molecule has 9 heteroatoms. The van der Waals surface area contributed by atoms with Gasteiger partial charge in [-0.05, 0) is 51.7 Å². The van der Waals surface area contributed by atoms with Crippen LogP contribution >= 0.6 is 0 Å². The lowest BCUT2D eigenvalue weighted by Gasteiger charge is -2.22. The van der Waals surface area contributed by atoms with Crippen LogP contribution in [0.3, 0.4) is 0 Å². The van der Waals surface area contributed by atoms with E-state index in [0.717, 1.165) is 11.1 Å². The molecule has 1 aliphatic heterocycles. The molecule has 2 aromatic rings. The van der Waals surface area contributed by atoms with Gasteiger partial charge < -0.3 is 10.1 Å². The molecular formula is C21H28N4O5. The van der Waals surface area contributed by atoms with Gasteiger partial charge in [-0.2, -0.15) is 0 Å². The number of nitrogens with zero attached hydrogens (tertiary/aromatic N) is 2. The van der Waals surface area contributed by atoms with E-state index in [-0.39, 0.29) is 18.0 Å². The van der Waals surface area contributed by atoms with Gasteiger partial charge in [-0.15, -0.1) is 0 Å². The maximum atomic E-state index is 12.9. The SMILES string of the molecule is Cn1c(=O)n(C2CCC(=O)NC2=O)c2cccc(CCCNC(=O)OC(C)(C)C)c21. The zero-order chi connectivity index (χ0) is 22.1. The van der Waals surface area contributed by atoms with Crippen LogP contribution < -0.4 is 16.3 Å². The van der Waals surface area contributed by atoms with Crippen molar-refractivity contribution in [1.29, 1.82) is 0 Å². The Balaban J connectivity index is 1.78. The number of aryl methyl sites for hydroxylation is 2. The molecule has 1 saturated heterocycles. The van der Waals surface area contributed by atoms with Gasteiger partial charge in [-0.3, -0.25) is 24.0 Å². The number of piperidine rings is 1. The van der Waals surface area contributed by atoms with Gasteiger partial charge in [0.05, 0.1) is 11.0 Å². The highest BCUT2D eigenvalue weighted by atomic mass is 16.6. The highest BCUT2D eigenvalue weighted by molar-refractivity contribution is 6.00. The fraction of sp³-hybridized carbons (Fsp3) is 0.524. The van der Waals surface area contributed by atoms with E-state index in [2.05, 4.69) is 10.6 Å². The second kappa shape index (κ2) is 8.33. The third-order valence-corrected chi connectivity index (χ3v) is 5.00. The summed E-state index contributed by atoms with van der Waals surface area (Å²) in [7, 11) is 1.68. The fourth-order valence-electron chi connectivity index (χ4n) is 3.73. The molecule has 1 aromatic carbocycles. The Labute approximate surface area is 174 Å². The summed E-state index contributed by atoms with van der Waals surface area (Å²) < 4.78 is 8.23. The Morgan fingerprint density at radius 1 is 1.27 bits per heavy atom. The minimum absolute atomic E-state index is 0.204. The predicted octanol–water partition coefficient (Wildman–Crippen LogP) is 1.77. The molecule has 2 N–H and O–H groups in total. The number of alkyl carbamates (subject to hydrolysis) is 1. The van der Waals surface area contributed by atoms with Crippen LogP contribution in [-0.4, -0.2) is 39.2 Å². The smallest absolute Gasteiger partial charge is 0.407 e. The first-order chi connectivity index (χ1) is 14.1. The number of nitrogens with one attached hydrogen (secondary N) is 2. The zero-order valence-corrected chi connectivity index (χ0v) is 17.8. The van der Waals surface area contributed by atoms with E-state index < -0.39 is 23.6 Å². The fourth-order valence-corrected chi connectivity index (χ4v) is 3.73. The van der Waals surface area contributed by atoms with Crippen LogP contribution in [0.5, 0.6) is 0 Å². The first-order valence-electron chi connectivity index (χ1n) is 10.1. The maximum Gasteiger partial charge on any atom is 0.407 e. The second-order valence-corrected chi connectivity index (χ2v) is 8.50. The summed E-state index contributed by atoms with van der Waals surface area (Å²) in [6, 6.07) is 4.89. The molecule has 1 atom stereocenters. The Hall–Kier alpha value is -3.10. The molecule has 0 bridgehead atoms. The molecule has 0 saturated carbocycles. The first kappa shape index (κ1) is 21.6. The zero-order valence-electron chi connectivity index (χ0n) is 17.8. The molecule has 1 fully saturated rings. The van der Waals surface area contributed by atoms with E-state index in [1.54, 1.807) is 27.8 Å². The number of aromatic nitrogens is 2. The van der Waals surface area contributed by atoms with E-state index in [0.29, 0.717) is 31.3 Å². The molecule has 0 radical (unpaired) electrons. The Bertz CT molecular complexity index is 1040. The Morgan fingerprint density at radius 2 is 2.00 bits per heavy atom. The number of hydrogen-bond acceptors (Lipinski definition) is 5. The van der Waals surface area contributed by atoms with E-state index in [1.165, 1.54) is 9.13 Å². The number of para-hydroxylation sites is 1. The summed E-state index contributed by atoms with van der Waals surface area (Å²) in [5.74, 6) is -0.768. The van der Waals surface area contributed by atoms with Crippen LogP contribution in [0.15, 0.2) is 23.0 Å². The normalized spacial score (nSPS) is 17.1. The lowest BCUT2D eigenvalue weighted by atomic mass is 10.0. The highest BCUT2D eigenvalue weighted by Gasteiger charge is 2.31. The van der Waals surface area contributed by atoms with Crippen LogP contribution in [0.2, 0.25) is 0 Å². The van der Waals surface area contributed by atoms with Crippen LogP contribution in [0, 0.1) is 0 Å². The van der Waals surface area contributed by atoms with Gasteiger partial charge >= 0.3 is 11.8 Å². The van der Waals surface area contributed by atoms with Crippen molar-refractivity contribution in [2.75, 3.05) is 6.54 Å². The van der Waals surface area contributed by atoms with E-state index in [1.807, 2.05) is 18.2 Å². The maximum absolute atomic E-state index is 12.9. The van der Waals surface area contributed by atoms with Gasteiger partial charge in [0.25, 0.3) is 0 Å². The number of imidazole rings is 1. The number of carbonyl (C=O) groups is 3. The summed E-state index contributed by atoms with van der Waals surface area (Å²) in [6.45, 7) is 5.86. The molecule has 9 nitrogen and oxygen atoms in total. The van der Waals surface area contributed by atoms with Crippen molar-refractivity contribution in [2.24, 2.45) is 7.05 Å². The number of carbonyl (C=O) groups excluding carboxylic acids is 3. The number of hydrogen-bond donors (Lipinski definition) is 2. The molecule has 3 amide bonds. The topological polar surface area (TPSA) is 111 Å². The number of ether oxygens (including phenoxy) is 1. The summed E-state index contributed by atoms with van der Waals surface area (Å²) >= 11 is 0. The van der Waals surface area contributed by atoms with Gasteiger partial charge in [0, 0.05) is 20.0 Å². The van der Waals surface area contributed by atoms with Crippen LogP contribution in [0.4, 0.5) is 4.79 Å². The molecule has 1 unspecified atom stereocenters. The van der Waals surface area contributed by atoms with Gasteiger partial charge in [-0.1, -0.05) is 12.1 Å². The Morgan fingerprint density at radius 3 is 2.67 bits per heavy atom. The van der Waals surface area contributed by atoms with Crippen molar-refractivity contribution in [3.63, 3.8) is 0 Å². The van der Waals surface area contributed by atoms with Crippen LogP contribution in [0.25, 0.3) is 11.0 Å². The number of imide groups is 1. The molecule has 162 valence electrons. The van der Waals surface area contributed by atoms with Crippen molar-refractivity contribution in [3.05, 3.63) is 34.2 Å². The number of fused-ring (bicyclic) bond motifs is 1. The van der Waals surface area contributed by atoms with E-state index in [4.69, 9.17) is 4.74 Å². The quantitative estimate of drug-likeness (QED) is 0.570. The standard InChI is InChI=1S/C21H28N4O5/c1-21(2,3)30-19(28)22-12-6-8-13-7-5-9-14-17(13)24(4)20(29)25(14)15-10-11-16(26)23-18(15)27/h5,7,9,15H,6,8,10-12H2,1-4H3,(H,22,28)(H,23,26,27). The molecule has 3 rings (SSSR count). The summed E-state index contributed by atoms with van der Waals surface area (Å²) in [4.78, 5) is 48.5. The lowest BCUT2D eigenvalue weighted by molar-refractivity contribution is -0.135. The minimum Gasteiger partial charge on any atom is -0.444 e. The lowest BCUT2D eigenvalue weighted by Crippen LogP contribution is -2.44. The van der Waals surface area contributed by atoms with Crippen molar-refractivity contribution in [2.45, 2.75) is 58.1 Å². The van der Waals surface area contributed by atoms with Gasteiger partial charge in [0.15, 0.2) is 0 Å². The summed E-state index contributed by atoms with van der Waals surface area (Å²) in [5.41, 5.74) is 1.52. The first-order valence-corrected chi connectivity index (χ1v) is 10.1. The summed E-state index contributed by atoms with van der Waals surface area (Å²) in [5, 5.41) is 5.04. The van der Waals surface area contributed by atoms with Crippen molar-refractivity contribution >= 4 is 28.9 Å². The van der Waals surface area contributed by atoms with Crippen molar-refractivity contribution in [3.8, 4) is 0 Å².